The van der Waals surface area contributed by atoms with Gasteiger partial charge < -0.3 is 11.1 Å². The number of nitrogens with two attached hydrogens (primary N) is 1. The number of hydrogen-bond donors (Lipinski definition) is 2. The lowest BCUT2D eigenvalue weighted by atomic mass is 10.0. The van der Waals surface area contributed by atoms with Gasteiger partial charge in [0.25, 0.3) is 0 Å². The molecule has 0 fully saturated rings. The van der Waals surface area contributed by atoms with E-state index in [9.17, 15) is 9.59 Å². The van der Waals surface area contributed by atoms with Crippen LogP contribution < -0.4 is 11.1 Å². The molecule has 1 amide bonds. The molecule has 6 heteroatoms. The number of aryl methyl sites for hydroxylation is 1. The molecule has 2 aromatic rings. The van der Waals surface area contributed by atoms with Gasteiger partial charge in [-0.25, -0.2) is 4.98 Å². The van der Waals surface area contributed by atoms with Gasteiger partial charge >= 0.3 is 0 Å². The van der Waals surface area contributed by atoms with Gasteiger partial charge in [0.15, 0.2) is 10.9 Å². The van der Waals surface area contributed by atoms with Gasteiger partial charge in [-0.2, -0.15) is 0 Å². The van der Waals surface area contributed by atoms with Crippen LogP contribution in [0.5, 0.6) is 0 Å². The van der Waals surface area contributed by atoms with Crippen molar-refractivity contribution in [3.05, 3.63) is 40.8 Å². The fraction of sp³-hybridized carbons (Fsp3) is 0.188. The molecule has 0 aliphatic rings. The average Bonchev–Trinajstić information content (AvgIpc) is 2.94. The Bertz CT molecular complexity index is 735. The van der Waals surface area contributed by atoms with Crippen LogP contribution in [0.1, 0.15) is 18.1 Å². The predicted molar refractivity (Wildman–Crippen MR) is 89.7 cm³/mol. The average molecular weight is 315 g/mol. The molecule has 2 rings (SSSR count). The Hall–Kier alpha value is -2.31. The molecule has 5 nitrogen and oxygen atoms in total. The van der Waals surface area contributed by atoms with Crippen molar-refractivity contribution in [1.82, 2.24) is 4.98 Å². The number of benzene rings is 1. The third kappa shape index (κ3) is 4.09. The van der Waals surface area contributed by atoms with Crippen LogP contribution >= 0.6 is 11.3 Å². The van der Waals surface area contributed by atoms with Crippen LogP contribution in [0.15, 0.2) is 29.7 Å². The summed E-state index contributed by atoms with van der Waals surface area (Å²) in [7, 11) is 0. The minimum absolute atomic E-state index is 0.0169. The Morgan fingerprint density at radius 3 is 2.82 bits per heavy atom. The smallest absolute Gasteiger partial charge is 0.239 e. The summed E-state index contributed by atoms with van der Waals surface area (Å²) in [6.07, 6.45) is 3.35. The van der Waals surface area contributed by atoms with Crippen molar-refractivity contribution < 1.29 is 9.59 Å². The Morgan fingerprint density at radius 1 is 1.41 bits per heavy atom. The van der Waals surface area contributed by atoms with Crippen molar-refractivity contribution >= 4 is 34.2 Å². The molecule has 1 aromatic carbocycles. The molecule has 0 aliphatic heterocycles. The summed E-state index contributed by atoms with van der Waals surface area (Å²) < 4.78 is 0. The zero-order valence-electron chi connectivity index (χ0n) is 12.4. The van der Waals surface area contributed by atoms with E-state index in [0.717, 1.165) is 22.4 Å². The predicted octanol–water partition coefficient (Wildman–Crippen LogP) is 2.62. The van der Waals surface area contributed by atoms with Crippen molar-refractivity contribution in [3.63, 3.8) is 0 Å². The number of aromatic nitrogens is 1. The Kier molecular flexibility index (Phi) is 5.19. The molecule has 0 saturated carbocycles. The summed E-state index contributed by atoms with van der Waals surface area (Å²) in [6.45, 7) is 3.44. The van der Waals surface area contributed by atoms with E-state index in [0.29, 0.717) is 5.13 Å². The van der Waals surface area contributed by atoms with E-state index in [4.69, 9.17) is 5.73 Å². The maximum Gasteiger partial charge on any atom is 0.239 e. The standard InChI is InChI=1S/C16H17N3O2S/c1-10-7-13(6-5-12(10)4-3-11(2)20)14-9-22-16(18-14)19-15(21)8-17/h3-7,9H,8,17H2,1-2H3,(H,18,19,21)/b4-3-. The quantitative estimate of drug-likeness (QED) is 0.831. The molecular weight excluding hydrogens is 298 g/mol. The van der Waals surface area contributed by atoms with Crippen LogP contribution in [0, 0.1) is 6.92 Å². The van der Waals surface area contributed by atoms with Crippen LogP contribution in [-0.2, 0) is 9.59 Å². The summed E-state index contributed by atoms with van der Waals surface area (Å²) >= 11 is 1.36. The number of rotatable bonds is 5. The third-order valence-corrected chi connectivity index (χ3v) is 3.76. The normalized spacial score (nSPS) is 10.9. The first kappa shape index (κ1) is 16.1. The van der Waals surface area contributed by atoms with Gasteiger partial charge in [-0.15, -0.1) is 11.3 Å². The van der Waals surface area contributed by atoms with Gasteiger partial charge in [0.2, 0.25) is 5.91 Å². The summed E-state index contributed by atoms with van der Waals surface area (Å²) in [6, 6.07) is 5.89. The van der Waals surface area contributed by atoms with Crippen molar-refractivity contribution in [2.24, 2.45) is 5.73 Å². The second kappa shape index (κ2) is 7.11. The van der Waals surface area contributed by atoms with Gasteiger partial charge in [0.05, 0.1) is 12.2 Å². The van der Waals surface area contributed by atoms with E-state index in [2.05, 4.69) is 10.3 Å². The highest BCUT2D eigenvalue weighted by Crippen LogP contribution is 2.26. The molecule has 3 N–H and O–H groups in total. The van der Waals surface area contributed by atoms with E-state index >= 15 is 0 Å². The first-order valence-corrected chi connectivity index (χ1v) is 7.62. The fourth-order valence-electron chi connectivity index (χ4n) is 1.86. The van der Waals surface area contributed by atoms with Gasteiger partial charge in [-0.05, 0) is 37.1 Å². The molecule has 0 bridgehead atoms. The molecule has 1 heterocycles. The number of amides is 1. The minimum Gasteiger partial charge on any atom is -0.322 e. The maximum atomic E-state index is 11.2. The van der Waals surface area contributed by atoms with E-state index in [1.54, 1.807) is 12.2 Å². The van der Waals surface area contributed by atoms with Gasteiger partial charge in [0, 0.05) is 10.9 Å². The molecule has 22 heavy (non-hydrogen) atoms. The lowest BCUT2D eigenvalue weighted by molar-refractivity contribution is -0.115. The summed E-state index contributed by atoms with van der Waals surface area (Å²) in [5.41, 5.74) is 9.06. The molecule has 0 spiro atoms. The number of thiazole rings is 1. The third-order valence-electron chi connectivity index (χ3n) is 3.00. The van der Waals surface area contributed by atoms with E-state index in [1.165, 1.54) is 18.3 Å². The number of anilines is 1. The van der Waals surface area contributed by atoms with Crippen molar-refractivity contribution in [2.75, 3.05) is 11.9 Å². The van der Waals surface area contributed by atoms with E-state index < -0.39 is 0 Å². The Labute approximate surface area is 132 Å². The van der Waals surface area contributed by atoms with Crippen molar-refractivity contribution in [3.8, 4) is 11.3 Å². The number of carbonyl (C=O) groups is 2. The Balaban J connectivity index is 2.21. The highest BCUT2D eigenvalue weighted by Gasteiger charge is 2.08. The Morgan fingerprint density at radius 2 is 2.18 bits per heavy atom. The van der Waals surface area contributed by atoms with Crippen LogP contribution in [-0.4, -0.2) is 23.2 Å². The first-order valence-electron chi connectivity index (χ1n) is 6.74. The second-order valence-electron chi connectivity index (χ2n) is 4.81. The molecule has 0 aliphatic carbocycles. The molecule has 0 atom stereocenters. The summed E-state index contributed by atoms with van der Waals surface area (Å²) in [5.74, 6) is -0.245. The highest BCUT2D eigenvalue weighted by molar-refractivity contribution is 7.14. The highest BCUT2D eigenvalue weighted by atomic mass is 32.1. The molecule has 114 valence electrons. The molecule has 0 saturated heterocycles. The maximum absolute atomic E-state index is 11.2. The van der Waals surface area contributed by atoms with Gasteiger partial charge in [0.1, 0.15) is 0 Å². The van der Waals surface area contributed by atoms with Crippen LogP contribution in [0.4, 0.5) is 5.13 Å². The zero-order chi connectivity index (χ0) is 16.1. The van der Waals surface area contributed by atoms with Crippen LogP contribution in [0.25, 0.3) is 17.3 Å². The molecular formula is C16H17N3O2S. The number of hydrogen-bond acceptors (Lipinski definition) is 5. The second-order valence-corrected chi connectivity index (χ2v) is 5.66. The minimum atomic E-state index is -0.262. The largest absolute Gasteiger partial charge is 0.322 e. The zero-order valence-corrected chi connectivity index (χ0v) is 13.2. The van der Waals surface area contributed by atoms with Crippen LogP contribution in [0.2, 0.25) is 0 Å². The van der Waals surface area contributed by atoms with E-state index in [1.807, 2.05) is 30.5 Å². The SMILES string of the molecule is CC(=O)/C=C\c1ccc(-c2csc(NC(=O)CN)n2)cc1C. The number of ketones is 1. The number of carbonyl (C=O) groups excluding carboxylic acids is 2. The monoisotopic (exact) mass is 315 g/mol. The number of nitrogens with one attached hydrogen (secondary N) is 1. The molecule has 0 unspecified atom stereocenters. The topological polar surface area (TPSA) is 85.1 Å². The summed E-state index contributed by atoms with van der Waals surface area (Å²) in [5, 5.41) is 5.05. The van der Waals surface area contributed by atoms with Crippen molar-refractivity contribution in [2.45, 2.75) is 13.8 Å². The number of nitrogens with zero attached hydrogens (tertiary/aromatic N) is 1. The fourth-order valence-corrected chi connectivity index (χ4v) is 2.60. The molecule has 1 aromatic heterocycles. The summed E-state index contributed by atoms with van der Waals surface area (Å²) in [4.78, 5) is 26.6. The van der Waals surface area contributed by atoms with Gasteiger partial charge in [-0.3, -0.25) is 9.59 Å². The van der Waals surface area contributed by atoms with Crippen LogP contribution in [0.3, 0.4) is 0 Å². The molecule has 0 radical (unpaired) electrons. The van der Waals surface area contributed by atoms with E-state index in [-0.39, 0.29) is 18.2 Å². The number of allylic oxidation sites excluding steroid dienone is 1. The lowest BCUT2D eigenvalue weighted by Crippen LogP contribution is -2.21. The van der Waals surface area contributed by atoms with Crippen molar-refractivity contribution in [1.29, 1.82) is 0 Å². The van der Waals surface area contributed by atoms with Gasteiger partial charge in [-0.1, -0.05) is 18.2 Å². The lowest BCUT2D eigenvalue weighted by Gasteiger charge is -2.03. The first-order chi connectivity index (χ1) is 10.5.